The molecule has 0 radical (unpaired) electrons. The molecule has 5 fully saturated rings. The van der Waals surface area contributed by atoms with Crippen molar-refractivity contribution >= 4 is 10.0 Å². The third-order valence-corrected chi connectivity index (χ3v) is 9.38. The number of nitrogens with zero attached hydrogens (tertiary/aromatic N) is 1. The number of rotatable bonds is 2. The van der Waals surface area contributed by atoms with Gasteiger partial charge in [0.1, 0.15) is 0 Å². The maximum atomic E-state index is 13.2. The largest absolute Gasteiger partial charge is 0.243 e. The lowest BCUT2D eigenvalue weighted by Gasteiger charge is -2.55. The van der Waals surface area contributed by atoms with Crippen molar-refractivity contribution in [3.05, 3.63) is 29.8 Å². The summed E-state index contributed by atoms with van der Waals surface area (Å²) in [6.45, 7) is 4.14. The average Bonchev–Trinajstić information content (AvgIpc) is 3.12. The van der Waals surface area contributed by atoms with Gasteiger partial charge < -0.3 is 0 Å². The minimum absolute atomic E-state index is 0.0445. The first-order valence-corrected chi connectivity index (χ1v) is 10.5. The Morgan fingerprint density at radius 2 is 1.48 bits per heavy atom. The monoisotopic (exact) mass is 331 g/mol. The molecule has 3 nitrogen and oxygen atoms in total. The Kier molecular flexibility index (Phi) is 2.77. The van der Waals surface area contributed by atoms with Crippen molar-refractivity contribution in [2.24, 2.45) is 23.7 Å². The van der Waals surface area contributed by atoms with Gasteiger partial charge in [-0.1, -0.05) is 17.7 Å². The van der Waals surface area contributed by atoms with Crippen molar-refractivity contribution in [2.75, 3.05) is 0 Å². The highest BCUT2D eigenvalue weighted by Gasteiger charge is 2.76. The molecule has 4 aliphatic carbocycles. The van der Waals surface area contributed by atoms with E-state index in [1.165, 1.54) is 32.1 Å². The molecule has 0 N–H and O–H groups in total. The van der Waals surface area contributed by atoms with Crippen molar-refractivity contribution in [3.8, 4) is 0 Å². The summed E-state index contributed by atoms with van der Waals surface area (Å²) in [5.74, 6) is 2.96. The molecule has 0 aromatic heterocycles. The Morgan fingerprint density at radius 3 is 2.00 bits per heavy atom. The molecule has 1 aliphatic heterocycles. The van der Waals surface area contributed by atoms with Gasteiger partial charge in [-0.15, -0.1) is 0 Å². The van der Waals surface area contributed by atoms with Crippen molar-refractivity contribution < 1.29 is 8.42 Å². The van der Waals surface area contributed by atoms with Crippen molar-refractivity contribution in [3.63, 3.8) is 0 Å². The zero-order valence-electron chi connectivity index (χ0n) is 13.9. The van der Waals surface area contributed by atoms with Crippen LogP contribution in [0.4, 0.5) is 0 Å². The zero-order chi connectivity index (χ0) is 16.0. The van der Waals surface area contributed by atoms with Crippen LogP contribution in [0.15, 0.2) is 29.2 Å². The normalized spacial score (nSPS) is 47.2. The molecule has 1 aromatic rings. The van der Waals surface area contributed by atoms with Gasteiger partial charge >= 0.3 is 0 Å². The highest BCUT2D eigenvalue weighted by molar-refractivity contribution is 7.89. The van der Waals surface area contributed by atoms with Gasteiger partial charge in [0, 0.05) is 6.04 Å². The molecule has 1 unspecified atom stereocenters. The molecule has 1 saturated heterocycles. The van der Waals surface area contributed by atoms with Gasteiger partial charge in [-0.05, 0) is 81.8 Å². The topological polar surface area (TPSA) is 37.1 Å². The van der Waals surface area contributed by atoms with Gasteiger partial charge in [-0.2, -0.15) is 4.31 Å². The van der Waals surface area contributed by atoms with Gasteiger partial charge in [0.15, 0.2) is 0 Å². The van der Waals surface area contributed by atoms with Crippen LogP contribution in [0, 0.1) is 30.6 Å². The van der Waals surface area contributed by atoms with Crippen LogP contribution in [0.5, 0.6) is 0 Å². The van der Waals surface area contributed by atoms with E-state index in [0.29, 0.717) is 16.7 Å². The number of hydrogen-bond acceptors (Lipinski definition) is 2. The average molecular weight is 331 g/mol. The molecule has 6 rings (SSSR count). The maximum absolute atomic E-state index is 13.2. The molecule has 1 heterocycles. The first-order chi connectivity index (χ1) is 10.9. The van der Waals surface area contributed by atoms with Crippen LogP contribution in [0.1, 0.15) is 44.6 Å². The summed E-state index contributed by atoms with van der Waals surface area (Å²) in [7, 11) is -3.35. The van der Waals surface area contributed by atoms with Crippen molar-refractivity contribution in [1.82, 2.24) is 4.31 Å². The quantitative estimate of drug-likeness (QED) is 0.777. The molecule has 4 bridgehead atoms. The van der Waals surface area contributed by atoms with E-state index >= 15 is 0 Å². The lowest BCUT2D eigenvalue weighted by Crippen LogP contribution is -2.53. The van der Waals surface area contributed by atoms with Gasteiger partial charge in [-0.3, -0.25) is 0 Å². The van der Waals surface area contributed by atoms with Gasteiger partial charge in [-0.25, -0.2) is 8.42 Å². The minimum atomic E-state index is -3.35. The standard InChI is InChI=1S/C19H25NO2S/c1-12-3-5-18(6-4-12)23(21,22)20-13(2)19(20)16-8-14-7-15(10-16)11-17(19)9-14/h3-6,13-17H,7-11H2,1-2H3/t13-,14?,15?,16?,17?,19?,20?/m1/s1. The molecule has 2 atom stereocenters. The first-order valence-electron chi connectivity index (χ1n) is 9.05. The van der Waals surface area contributed by atoms with Crippen LogP contribution >= 0.6 is 0 Å². The summed E-state index contributed by atoms with van der Waals surface area (Å²) < 4.78 is 28.4. The van der Waals surface area contributed by atoms with Crippen LogP contribution in [-0.2, 0) is 10.0 Å². The Bertz CT molecular complexity index is 724. The fraction of sp³-hybridized carbons (Fsp3) is 0.684. The fourth-order valence-electron chi connectivity index (χ4n) is 6.66. The van der Waals surface area contributed by atoms with E-state index in [2.05, 4.69) is 6.92 Å². The van der Waals surface area contributed by atoms with Gasteiger partial charge in [0.05, 0.1) is 10.4 Å². The van der Waals surface area contributed by atoms with E-state index in [0.717, 1.165) is 17.4 Å². The van der Waals surface area contributed by atoms with Crippen LogP contribution < -0.4 is 0 Å². The molecule has 4 saturated carbocycles. The summed E-state index contributed by atoms with van der Waals surface area (Å²) in [4.78, 5) is 0.473. The molecule has 5 aliphatic rings. The van der Waals surface area contributed by atoms with Crippen molar-refractivity contribution in [2.45, 2.75) is 62.4 Å². The van der Waals surface area contributed by atoms with E-state index in [9.17, 15) is 8.42 Å². The minimum Gasteiger partial charge on any atom is -0.207 e. The summed E-state index contributed by atoms with van der Waals surface area (Å²) in [5.41, 5.74) is 1.06. The van der Waals surface area contributed by atoms with Crippen molar-refractivity contribution in [1.29, 1.82) is 0 Å². The van der Waals surface area contributed by atoms with Gasteiger partial charge in [0.25, 0.3) is 0 Å². The van der Waals surface area contributed by atoms with E-state index in [-0.39, 0.29) is 11.6 Å². The smallest absolute Gasteiger partial charge is 0.207 e. The molecule has 1 aromatic carbocycles. The van der Waals surface area contributed by atoms with E-state index < -0.39 is 10.0 Å². The summed E-state index contributed by atoms with van der Waals surface area (Å²) in [6, 6.07) is 7.55. The summed E-state index contributed by atoms with van der Waals surface area (Å²) in [5, 5.41) is 0. The molecule has 0 amide bonds. The number of sulfonamides is 1. The Hall–Kier alpha value is -0.870. The second-order valence-electron chi connectivity index (χ2n) is 8.48. The SMILES string of the molecule is Cc1ccc(S(=O)(=O)N2[C@H](C)C23C2CC4CC(C2)CC3C4)cc1. The first kappa shape index (κ1) is 14.5. The highest BCUT2D eigenvalue weighted by atomic mass is 32.2. The predicted molar refractivity (Wildman–Crippen MR) is 89.4 cm³/mol. The van der Waals surface area contributed by atoms with E-state index in [1.54, 1.807) is 12.1 Å². The second-order valence-corrected chi connectivity index (χ2v) is 10.3. The zero-order valence-corrected chi connectivity index (χ0v) is 14.7. The second kappa shape index (κ2) is 4.40. The molecule has 23 heavy (non-hydrogen) atoms. The maximum Gasteiger partial charge on any atom is 0.243 e. The lowest BCUT2D eigenvalue weighted by molar-refractivity contribution is -0.0272. The fourth-order valence-corrected chi connectivity index (χ4v) is 8.77. The molecular weight excluding hydrogens is 306 g/mol. The van der Waals surface area contributed by atoms with Gasteiger partial charge in [0.2, 0.25) is 10.0 Å². The Morgan fingerprint density at radius 1 is 0.957 bits per heavy atom. The predicted octanol–water partition coefficient (Wildman–Crippen LogP) is 3.58. The third-order valence-electron chi connectivity index (χ3n) is 7.36. The number of benzene rings is 1. The molecule has 4 heteroatoms. The third kappa shape index (κ3) is 1.72. The Labute approximate surface area is 139 Å². The van der Waals surface area contributed by atoms with Crippen LogP contribution in [-0.4, -0.2) is 24.3 Å². The van der Waals surface area contributed by atoms with Crippen LogP contribution in [0.2, 0.25) is 0 Å². The molecular formula is C19H25NO2S. The number of hydrogen-bond donors (Lipinski definition) is 0. The van der Waals surface area contributed by atoms with Crippen LogP contribution in [0.3, 0.4) is 0 Å². The highest BCUT2D eigenvalue weighted by Crippen LogP contribution is 2.69. The van der Waals surface area contributed by atoms with E-state index in [1.807, 2.05) is 23.4 Å². The Balaban J connectivity index is 1.54. The summed E-state index contributed by atoms with van der Waals surface area (Å²) in [6.07, 6.45) is 6.45. The molecule has 124 valence electrons. The molecule has 1 spiro atoms. The van der Waals surface area contributed by atoms with E-state index in [4.69, 9.17) is 0 Å². The lowest BCUT2D eigenvalue weighted by atomic mass is 9.50. The number of aryl methyl sites for hydroxylation is 1. The summed E-state index contributed by atoms with van der Waals surface area (Å²) >= 11 is 0. The van der Waals surface area contributed by atoms with Crippen LogP contribution in [0.25, 0.3) is 0 Å².